The van der Waals surface area contributed by atoms with Crippen molar-refractivity contribution >= 4 is 5.91 Å². The minimum atomic E-state index is -0.322. The van der Waals surface area contributed by atoms with E-state index in [0.29, 0.717) is 5.91 Å². The Morgan fingerprint density at radius 3 is 1.77 bits per heavy atom. The van der Waals surface area contributed by atoms with E-state index in [0.717, 1.165) is 19.5 Å². The van der Waals surface area contributed by atoms with Crippen molar-refractivity contribution in [3.63, 3.8) is 0 Å². The van der Waals surface area contributed by atoms with E-state index in [-0.39, 0.29) is 21.7 Å². The molecule has 1 heterocycles. The van der Waals surface area contributed by atoms with E-state index in [2.05, 4.69) is 67.2 Å². The van der Waals surface area contributed by atoms with Crippen molar-refractivity contribution in [2.45, 2.75) is 89.0 Å². The van der Waals surface area contributed by atoms with Gasteiger partial charge in [-0.25, -0.2) is 0 Å². The third kappa shape index (κ3) is 4.26. The lowest BCUT2D eigenvalue weighted by Gasteiger charge is -2.45. The summed E-state index contributed by atoms with van der Waals surface area (Å²) in [7, 11) is 0. The van der Waals surface area contributed by atoms with Crippen LogP contribution in [0.1, 0.15) is 89.0 Å². The average molecular weight is 312 g/mol. The van der Waals surface area contributed by atoms with Gasteiger partial charge >= 0.3 is 0 Å². The summed E-state index contributed by atoms with van der Waals surface area (Å²) in [6.45, 7) is 25.8. The molecule has 0 aromatic carbocycles. The monoisotopic (exact) mass is 311 g/mol. The molecule has 0 atom stereocenters. The van der Waals surface area contributed by atoms with Crippen LogP contribution in [-0.2, 0) is 4.79 Å². The highest BCUT2D eigenvalue weighted by atomic mass is 16.2. The van der Waals surface area contributed by atoms with E-state index in [1.165, 1.54) is 6.42 Å². The first-order valence-corrected chi connectivity index (χ1v) is 9.02. The van der Waals surface area contributed by atoms with Gasteiger partial charge < -0.3 is 4.90 Å². The Bertz CT molecular complexity index is 372. The molecule has 0 N–H and O–H groups in total. The van der Waals surface area contributed by atoms with Crippen LogP contribution in [0.5, 0.6) is 0 Å². The fourth-order valence-corrected chi connectivity index (χ4v) is 2.71. The Morgan fingerprint density at radius 1 is 0.909 bits per heavy atom. The first kappa shape index (κ1) is 21.5. The van der Waals surface area contributed by atoms with Crippen LogP contribution in [0.25, 0.3) is 0 Å². The minimum Gasteiger partial charge on any atom is -0.342 e. The molecule has 1 aliphatic heterocycles. The molecule has 1 fully saturated rings. The maximum Gasteiger partial charge on any atom is 0.228 e. The normalized spacial score (nSPS) is 21.5. The molecule has 2 nitrogen and oxygen atoms in total. The number of hydrogen-bond acceptors (Lipinski definition) is 1. The number of carbonyl (C=O) groups excluding carboxylic acids is 1. The van der Waals surface area contributed by atoms with Crippen LogP contribution in [-0.4, -0.2) is 23.9 Å². The number of amides is 1. The van der Waals surface area contributed by atoms with Gasteiger partial charge in [-0.2, -0.15) is 0 Å². The number of rotatable bonds is 1. The van der Waals surface area contributed by atoms with Gasteiger partial charge in [0.2, 0.25) is 5.91 Å². The molecule has 22 heavy (non-hydrogen) atoms. The molecule has 1 saturated heterocycles. The first-order valence-electron chi connectivity index (χ1n) is 9.02. The van der Waals surface area contributed by atoms with Crippen LogP contribution in [0.15, 0.2) is 0 Å². The topological polar surface area (TPSA) is 20.3 Å². The highest BCUT2D eigenvalue weighted by Gasteiger charge is 2.46. The van der Waals surface area contributed by atoms with Gasteiger partial charge in [-0.15, -0.1) is 0 Å². The molecule has 0 bridgehead atoms. The van der Waals surface area contributed by atoms with E-state index in [1.807, 2.05) is 13.8 Å². The van der Waals surface area contributed by atoms with Crippen LogP contribution in [0.4, 0.5) is 0 Å². The van der Waals surface area contributed by atoms with Crippen LogP contribution in [0, 0.1) is 21.7 Å². The second-order valence-electron chi connectivity index (χ2n) is 9.47. The maximum absolute atomic E-state index is 13.0. The second-order valence-corrected chi connectivity index (χ2v) is 9.47. The molecule has 2 heteroatoms. The summed E-state index contributed by atoms with van der Waals surface area (Å²) in [5, 5.41) is 0. The zero-order chi connectivity index (χ0) is 18.0. The lowest BCUT2D eigenvalue weighted by molar-refractivity contribution is -0.148. The van der Waals surface area contributed by atoms with Gasteiger partial charge in [-0.1, -0.05) is 76.2 Å². The quantitative estimate of drug-likeness (QED) is 0.603. The lowest BCUT2D eigenvalue weighted by atomic mass is 9.65. The standard InChI is InChI=1S/C18H35NO.C2H6/c1-15(2,3)18(8,9)14(20)19-12-10-11-16(4,5)17(6,7)13-19;1-2/h10-13H2,1-9H3;1-2H3. The molecule has 0 spiro atoms. The van der Waals surface area contributed by atoms with Gasteiger partial charge in [-0.05, 0) is 29.1 Å². The van der Waals surface area contributed by atoms with Gasteiger partial charge in [0.1, 0.15) is 0 Å². The molecule has 0 unspecified atom stereocenters. The molecular weight excluding hydrogens is 270 g/mol. The summed E-state index contributed by atoms with van der Waals surface area (Å²) < 4.78 is 0. The van der Waals surface area contributed by atoms with Crippen molar-refractivity contribution in [1.29, 1.82) is 0 Å². The van der Waals surface area contributed by atoms with E-state index < -0.39 is 0 Å². The van der Waals surface area contributed by atoms with Crippen molar-refractivity contribution in [3.05, 3.63) is 0 Å². The zero-order valence-corrected chi connectivity index (χ0v) is 17.2. The molecule has 132 valence electrons. The number of likely N-dealkylation sites (tertiary alicyclic amines) is 1. The van der Waals surface area contributed by atoms with Crippen LogP contribution in [0.3, 0.4) is 0 Å². The Hall–Kier alpha value is -0.530. The minimum absolute atomic E-state index is 0.0178. The Balaban J connectivity index is 0.00000211. The highest BCUT2D eigenvalue weighted by molar-refractivity contribution is 5.82. The Morgan fingerprint density at radius 2 is 1.36 bits per heavy atom. The Labute approximate surface area is 140 Å². The summed E-state index contributed by atoms with van der Waals surface area (Å²) in [6.07, 6.45) is 2.31. The number of nitrogens with zero attached hydrogens (tertiary/aromatic N) is 1. The summed E-state index contributed by atoms with van der Waals surface area (Å²) in [4.78, 5) is 15.2. The largest absolute Gasteiger partial charge is 0.342 e. The summed E-state index contributed by atoms with van der Waals surface area (Å²) >= 11 is 0. The highest BCUT2D eigenvalue weighted by Crippen LogP contribution is 2.46. The number of carbonyl (C=O) groups is 1. The number of hydrogen-bond donors (Lipinski definition) is 0. The average Bonchev–Trinajstić information content (AvgIpc) is 2.46. The fourth-order valence-electron chi connectivity index (χ4n) is 2.71. The third-order valence-electron chi connectivity index (χ3n) is 6.34. The van der Waals surface area contributed by atoms with E-state index in [4.69, 9.17) is 0 Å². The smallest absolute Gasteiger partial charge is 0.228 e. The molecule has 1 amide bonds. The van der Waals surface area contributed by atoms with Crippen LogP contribution >= 0.6 is 0 Å². The van der Waals surface area contributed by atoms with Gasteiger partial charge in [0.15, 0.2) is 0 Å². The molecule has 1 rings (SSSR count). The molecule has 0 radical (unpaired) electrons. The van der Waals surface area contributed by atoms with E-state index in [1.54, 1.807) is 0 Å². The Kier molecular flexibility index (Phi) is 6.76. The molecule has 0 saturated carbocycles. The third-order valence-corrected chi connectivity index (χ3v) is 6.34. The van der Waals surface area contributed by atoms with Crippen molar-refractivity contribution in [2.24, 2.45) is 21.7 Å². The molecule has 1 aliphatic rings. The molecular formula is C20H41NO. The van der Waals surface area contributed by atoms with Gasteiger partial charge in [0, 0.05) is 18.5 Å². The lowest BCUT2D eigenvalue weighted by Crippen LogP contribution is -2.50. The van der Waals surface area contributed by atoms with Gasteiger partial charge in [0.05, 0.1) is 0 Å². The van der Waals surface area contributed by atoms with Crippen LogP contribution < -0.4 is 0 Å². The van der Waals surface area contributed by atoms with Crippen molar-refractivity contribution in [2.75, 3.05) is 13.1 Å². The summed E-state index contributed by atoms with van der Waals surface area (Å²) in [6, 6.07) is 0. The molecule has 0 aromatic rings. The van der Waals surface area contributed by atoms with Crippen LogP contribution in [0.2, 0.25) is 0 Å². The van der Waals surface area contributed by atoms with Crippen molar-refractivity contribution in [1.82, 2.24) is 4.90 Å². The summed E-state index contributed by atoms with van der Waals surface area (Å²) in [5.74, 6) is 0.316. The zero-order valence-electron chi connectivity index (χ0n) is 17.2. The van der Waals surface area contributed by atoms with E-state index in [9.17, 15) is 4.79 Å². The molecule has 0 aliphatic carbocycles. The fraction of sp³-hybridized carbons (Fsp3) is 0.950. The van der Waals surface area contributed by atoms with Gasteiger partial charge in [0.25, 0.3) is 0 Å². The first-order chi connectivity index (χ1) is 9.72. The predicted molar refractivity (Wildman–Crippen MR) is 98.0 cm³/mol. The predicted octanol–water partition coefficient (Wildman–Crippen LogP) is 5.76. The SMILES string of the molecule is CC.CC(C)(C)C(C)(C)C(=O)N1CCCC(C)(C)C(C)(C)C1. The second kappa shape index (κ2) is 6.93. The van der Waals surface area contributed by atoms with E-state index >= 15 is 0 Å². The molecule has 0 aromatic heterocycles. The maximum atomic E-state index is 13.0. The van der Waals surface area contributed by atoms with Crippen molar-refractivity contribution in [3.8, 4) is 0 Å². The van der Waals surface area contributed by atoms with Gasteiger partial charge in [-0.3, -0.25) is 4.79 Å². The van der Waals surface area contributed by atoms with Crippen molar-refractivity contribution < 1.29 is 4.79 Å². The summed E-state index contributed by atoms with van der Waals surface area (Å²) in [5.41, 5.74) is 0.106.